The minimum absolute atomic E-state index is 0.0140. The van der Waals surface area contributed by atoms with E-state index in [1.54, 1.807) is 12.1 Å². The molecular formula is C22H33Cl2N3O2. The summed E-state index contributed by atoms with van der Waals surface area (Å²) in [5.41, 5.74) is 0.956. The average Bonchev–Trinajstić information content (AvgIpc) is 2.64. The summed E-state index contributed by atoms with van der Waals surface area (Å²) in [5, 5.41) is 4.29. The van der Waals surface area contributed by atoms with Gasteiger partial charge in [-0.1, -0.05) is 43.1 Å². The Hall–Kier alpha value is -1.30. The molecule has 1 N–H and O–H groups in total. The Balaban J connectivity index is 1.74. The first-order valence-electron chi connectivity index (χ1n) is 10.2. The Morgan fingerprint density at radius 3 is 2.45 bits per heavy atom. The number of amides is 2. The normalized spacial score (nSPS) is 15.6. The molecule has 1 aliphatic heterocycles. The van der Waals surface area contributed by atoms with E-state index in [4.69, 9.17) is 23.2 Å². The molecule has 0 radical (unpaired) electrons. The van der Waals surface area contributed by atoms with Crippen LogP contribution < -0.4 is 5.32 Å². The van der Waals surface area contributed by atoms with Crippen LogP contribution >= 0.6 is 23.2 Å². The molecule has 1 aromatic carbocycles. The van der Waals surface area contributed by atoms with Crippen molar-refractivity contribution in [1.29, 1.82) is 0 Å². The van der Waals surface area contributed by atoms with Crippen molar-refractivity contribution >= 4 is 35.0 Å². The number of carbonyl (C=O) groups excluding carboxylic acids is 2. The molecule has 1 aromatic rings. The van der Waals surface area contributed by atoms with E-state index in [0.29, 0.717) is 55.4 Å². The smallest absolute Gasteiger partial charge is 0.223 e. The highest BCUT2D eigenvalue weighted by Gasteiger charge is 2.28. The Kier molecular flexibility index (Phi) is 8.80. The molecule has 1 heterocycles. The van der Waals surface area contributed by atoms with Crippen LogP contribution in [0.2, 0.25) is 10.0 Å². The number of aryl methyl sites for hydroxylation is 1. The maximum atomic E-state index is 12.5. The number of nitrogens with zero attached hydrogens (tertiary/aromatic N) is 2. The molecule has 0 aromatic heterocycles. The summed E-state index contributed by atoms with van der Waals surface area (Å²) in [4.78, 5) is 29.1. The summed E-state index contributed by atoms with van der Waals surface area (Å²) < 4.78 is 0. The van der Waals surface area contributed by atoms with E-state index < -0.39 is 0 Å². The third kappa shape index (κ3) is 7.80. The van der Waals surface area contributed by atoms with Gasteiger partial charge in [-0.3, -0.25) is 9.59 Å². The first-order valence-corrected chi connectivity index (χ1v) is 11.0. The fraction of sp³-hybridized carbons (Fsp3) is 0.636. The van der Waals surface area contributed by atoms with Crippen molar-refractivity contribution in [3.05, 3.63) is 33.8 Å². The second-order valence-electron chi connectivity index (χ2n) is 9.01. The summed E-state index contributed by atoms with van der Waals surface area (Å²) in [6.07, 6.45) is 2.44. The van der Waals surface area contributed by atoms with Crippen molar-refractivity contribution < 1.29 is 9.59 Å². The Bertz CT molecular complexity index is 714. The minimum Gasteiger partial charge on any atom is -0.355 e. The predicted molar refractivity (Wildman–Crippen MR) is 119 cm³/mol. The van der Waals surface area contributed by atoms with Gasteiger partial charge in [-0.2, -0.15) is 0 Å². The molecule has 29 heavy (non-hydrogen) atoms. The number of piperidine rings is 1. The molecule has 5 nitrogen and oxygen atoms in total. The van der Waals surface area contributed by atoms with Crippen LogP contribution in [0.4, 0.5) is 0 Å². The van der Waals surface area contributed by atoms with Crippen LogP contribution in [0.15, 0.2) is 18.2 Å². The molecule has 0 atom stereocenters. The van der Waals surface area contributed by atoms with Gasteiger partial charge in [0.15, 0.2) is 0 Å². The summed E-state index contributed by atoms with van der Waals surface area (Å²) >= 11 is 12.1. The molecule has 2 amide bonds. The van der Waals surface area contributed by atoms with Gasteiger partial charge in [0.2, 0.25) is 11.8 Å². The largest absolute Gasteiger partial charge is 0.355 e. The monoisotopic (exact) mass is 441 g/mol. The lowest BCUT2D eigenvalue weighted by atomic mass is 9.91. The molecule has 1 fully saturated rings. The maximum absolute atomic E-state index is 12.5. The molecule has 0 saturated carbocycles. The van der Waals surface area contributed by atoms with Crippen LogP contribution in [-0.2, 0) is 16.0 Å². The van der Waals surface area contributed by atoms with Gasteiger partial charge >= 0.3 is 0 Å². The highest BCUT2D eigenvalue weighted by Crippen LogP contribution is 2.23. The van der Waals surface area contributed by atoms with Crippen LogP contribution in [0, 0.1) is 11.3 Å². The highest BCUT2D eigenvalue weighted by molar-refractivity contribution is 6.35. The molecule has 162 valence electrons. The van der Waals surface area contributed by atoms with Gasteiger partial charge in [0.25, 0.3) is 0 Å². The van der Waals surface area contributed by atoms with E-state index in [0.717, 1.165) is 12.1 Å². The molecule has 2 rings (SSSR count). The van der Waals surface area contributed by atoms with Crippen LogP contribution in [-0.4, -0.2) is 61.9 Å². The third-order valence-electron chi connectivity index (χ3n) is 5.33. The number of likely N-dealkylation sites (tertiary alicyclic amines) is 1. The number of rotatable bonds is 8. The van der Waals surface area contributed by atoms with Crippen molar-refractivity contribution in [2.75, 3.05) is 40.3 Å². The first kappa shape index (κ1) is 24.0. The van der Waals surface area contributed by atoms with E-state index in [-0.39, 0.29) is 23.1 Å². The third-order valence-corrected chi connectivity index (χ3v) is 5.91. The fourth-order valence-corrected chi connectivity index (χ4v) is 4.40. The minimum atomic E-state index is -0.0140. The van der Waals surface area contributed by atoms with Crippen LogP contribution in [0.5, 0.6) is 0 Å². The zero-order valence-corrected chi connectivity index (χ0v) is 19.4. The fourth-order valence-electron chi connectivity index (χ4n) is 3.90. The quantitative estimate of drug-likeness (QED) is 0.665. The van der Waals surface area contributed by atoms with E-state index in [1.165, 1.54) is 0 Å². The Labute approximate surface area is 184 Å². The van der Waals surface area contributed by atoms with Crippen LogP contribution in [0.3, 0.4) is 0 Å². The van der Waals surface area contributed by atoms with E-state index in [2.05, 4.69) is 24.1 Å². The first-order chi connectivity index (χ1) is 13.6. The lowest BCUT2D eigenvalue weighted by molar-refractivity contribution is -0.135. The number of carbonyl (C=O) groups is 2. The summed E-state index contributed by atoms with van der Waals surface area (Å²) in [6.45, 7) is 7.14. The zero-order chi connectivity index (χ0) is 21.6. The lowest BCUT2D eigenvalue weighted by Crippen LogP contribution is -2.46. The summed E-state index contributed by atoms with van der Waals surface area (Å²) in [5.74, 6) is 0.207. The van der Waals surface area contributed by atoms with Crippen molar-refractivity contribution in [1.82, 2.24) is 15.1 Å². The summed E-state index contributed by atoms with van der Waals surface area (Å²) in [7, 11) is 4.08. The molecule has 1 aliphatic rings. The van der Waals surface area contributed by atoms with Gasteiger partial charge in [0, 0.05) is 48.6 Å². The topological polar surface area (TPSA) is 52.7 Å². The number of benzene rings is 1. The van der Waals surface area contributed by atoms with E-state index >= 15 is 0 Å². The van der Waals surface area contributed by atoms with Gasteiger partial charge < -0.3 is 15.1 Å². The van der Waals surface area contributed by atoms with E-state index in [9.17, 15) is 9.59 Å². The average molecular weight is 442 g/mol. The predicted octanol–water partition coefficient (Wildman–Crippen LogP) is 3.87. The Morgan fingerprint density at radius 1 is 1.21 bits per heavy atom. The lowest BCUT2D eigenvalue weighted by Gasteiger charge is -2.33. The summed E-state index contributed by atoms with van der Waals surface area (Å²) in [6, 6.07) is 5.36. The molecule has 0 unspecified atom stereocenters. The van der Waals surface area contributed by atoms with E-state index in [1.807, 2.05) is 25.1 Å². The molecular weight excluding hydrogens is 409 g/mol. The van der Waals surface area contributed by atoms with Crippen LogP contribution in [0.1, 0.15) is 38.7 Å². The number of nitrogens with one attached hydrogen (secondary N) is 1. The van der Waals surface area contributed by atoms with Gasteiger partial charge in [-0.25, -0.2) is 0 Å². The second kappa shape index (κ2) is 10.6. The standard InChI is InChI=1S/C22H33Cl2N3O2/c1-22(2,15-26(3)4)14-25-21(29)17-9-11-27(12-10-17)20(28)8-6-16-5-7-18(23)13-19(16)24/h5,7,13,17H,6,8-12,14-15H2,1-4H3,(H,25,29). The van der Waals surface area contributed by atoms with Gasteiger partial charge in [0.1, 0.15) is 0 Å². The molecule has 0 bridgehead atoms. The Morgan fingerprint density at radius 2 is 1.86 bits per heavy atom. The maximum Gasteiger partial charge on any atom is 0.223 e. The second-order valence-corrected chi connectivity index (χ2v) is 9.85. The van der Waals surface area contributed by atoms with Gasteiger partial charge in [0.05, 0.1) is 0 Å². The highest BCUT2D eigenvalue weighted by atomic mass is 35.5. The number of hydrogen-bond acceptors (Lipinski definition) is 3. The number of hydrogen-bond donors (Lipinski definition) is 1. The van der Waals surface area contributed by atoms with Crippen molar-refractivity contribution in [3.8, 4) is 0 Å². The van der Waals surface area contributed by atoms with Gasteiger partial charge in [-0.15, -0.1) is 0 Å². The van der Waals surface area contributed by atoms with Gasteiger partial charge in [-0.05, 0) is 56.5 Å². The van der Waals surface area contributed by atoms with Crippen molar-refractivity contribution in [3.63, 3.8) is 0 Å². The van der Waals surface area contributed by atoms with Crippen LogP contribution in [0.25, 0.3) is 0 Å². The SMILES string of the molecule is CN(C)CC(C)(C)CNC(=O)C1CCN(C(=O)CCc2ccc(Cl)cc2Cl)CC1. The zero-order valence-electron chi connectivity index (χ0n) is 17.9. The molecule has 0 spiro atoms. The van der Waals surface area contributed by atoms with Crippen molar-refractivity contribution in [2.24, 2.45) is 11.3 Å². The van der Waals surface area contributed by atoms with Crippen molar-refractivity contribution in [2.45, 2.75) is 39.5 Å². The molecule has 7 heteroatoms. The molecule has 0 aliphatic carbocycles. The molecule has 1 saturated heterocycles. The number of halogens is 2.